The Balaban J connectivity index is 1.57. The van der Waals surface area contributed by atoms with Gasteiger partial charge in [-0.2, -0.15) is 0 Å². The molecule has 0 amide bonds. The summed E-state index contributed by atoms with van der Waals surface area (Å²) < 4.78 is 8.05. The number of Topliss-reactive ketones (excluding diaryl/α,β-unsaturated/α-hetero) is 1. The van der Waals surface area contributed by atoms with Crippen LogP contribution in [0.25, 0.3) is 5.69 Å². The van der Waals surface area contributed by atoms with Gasteiger partial charge in [-0.1, -0.05) is 68.1 Å². The third-order valence-electron chi connectivity index (χ3n) is 5.61. The number of hydrogen-bond donors (Lipinski definition) is 0. The summed E-state index contributed by atoms with van der Waals surface area (Å²) in [5.74, 6) is 1.58. The Morgan fingerprint density at radius 1 is 1.00 bits per heavy atom. The summed E-state index contributed by atoms with van der Waals surface area (Å²) in [5.41, 5.74) is 2.24. The van der Waals surface area contributed by atoms with Crippen molar-refractivity contribution in [1.29, 1.82) is 0 Å². The van der Waals surface area contributed by atoms with E-state index < -0.39 is 11.0 Å². The molecular formula is C27H26N4O4S. The lowest BCUT2D eigenvalue weighted by Crippen LogP contribution is -2.12. The third-order valence-corrected chi connectivity index (χ3v) is 6.54. The number of nitro benzene ring substituents is 1. The fourth-order valence-corrected chi connectivity index (χ4v) is 4.51. The largest absolute Gasteiger partial charge is 0.483 e. The molecular weight excluding hydrogens is 476 g/mol. The Morgan fingerprint density at radius 3 is 2.39 bits per heavy atom. The molecule has 1 heterocycles. The summed E-state index contributed by atoms with van der Waals surface area (Å²) >= 11 is 1.22. The van der Waals surface area contributed by atoms with Crippen molar-refractivity contribution >= 4 is 23.2 Å². The van der Waals surface area contributed by atoms with E-state index in [2.05, 4.69) is 36.2 Å². The van der Waals surface area contributed by atoms with E-state index >= 15 is 0 Å². The summed E-state index contributed by atoms with van der Waals surface area (Å²) in [6.07, 6.45) is -0.413. The van der Waals surface area contributed by atoms with Crippen LogP contribution in [0.15, 0.2) is 84.0 Å². The van der Waals surface area contributed by atoms with Gasteiger partial charge in [-0.25, -0.2) is 0 Å². The van der Waals surface area contributed by atoms with Gasteiger partial charge in [0.2, 0.25) is 0 Å². The molecule has 0 N–H and O–H groups in total. The molecule has 3 aromatic carbocycles. The number of ketones is 1. The molecule has 36 heavy (non-hydrogen) atoms. The van der Waals surface area contributed by atoms with E-state index in [9.17, 15) is 14.9 Å². The van der Waals surface area contributed by atoms with Crippen molar-refractivity contribution in [3.05, 3.63) is 106 Å². The molecule has 0 fully saturated rings. The molecule has 0 saturated carbocycles. The van der Waals surface area contributed by atoms with Crippen LogP contribution in [0.5, 0.6) is 5.75 Å². The first-order valence-corrected chi connectivity index (χ1v) is 12.5. The van der Waals surface area contributed by atoms with Crippen LogP contribution < -0.4 is 4.74 Å². The van der Waals surface area contributed by atoms with Crippen molar-refractivity contribution in [2.24, 2.45) is 0 Å². The zero-order valence-corrected chi connectivity index (χ0v) is 21.0. The highest BCUT2D eigenvalue weighted by molar-refractivity contribution is 7.99. The number of non-ortho nitro benzene ring substituents is 1. The topological polar surface area (TPSA) is 100 Å². The summed E-state index contributed by atoms with van der Waals surface area (Å²) in [4.78, 5) is 23.3. The molecule has 4 rings (SSSR count). The molecule has 1 aromatic heterocycles. The van der Waals surface area contributed by atoms with E-state index in [0.29, 0.717) is 16.9 Å². The molecule has 8 nitrogen and oxygen atoms in total. The van der Waals surface area contributed by atoms with E-state index in [1.807, 2.05) is 54.0 Å². The van der Waals surface area contributed by atoms with Gasteiger partial charge in [-0.3, -0.25) is 19.5 Å². The minimum absolute atomic E-state index is 0.0536. The van der Waals surface area contributed by atoms with Crippen molar-refractivity contribution < 1.29 is 14.5 Å². The number of para-hydroxylation sites is 1. The average Bonchev–Trinajstić information content (AvgIpc) is 3.32. The Hall–Kier alpha value is -3.98. The SMILES string of the molecule is CC(C)c1ccc(OC(C)c2nnc(SCC(=O)c3cccc([N+](=O)[O-])c3)n2-c2ccccc2)cc1. The number of carbonyl (C=O) groups excluding carboxylic acids is 1. The van der Waals surface area contributed by atoms with Crippen molar-refractivity contribution in [2.75, 3.05) is 5.75 Å². The van der Waals surface area contributed by atoms with Crippen LogP contribution in [0.1, 0.15) is 54.5 Å². The van der Waals surface area contributed by atoms with E-state index in [-0.39, 0.29) is 22.8 Å². The van der Waals surface area contributed by atoms with E-state index in [1.165, 1.54) is 35.5 Å². The van der Waals surface area contributed by atoms with E-state index in [4.69, 9.17) is 4.74 Å². The highest BCUT2D eigenvalue weighted by Crippen LogP contribution is 2.29. The predicted molar refractivity (Wildman–Crippen MR) is 139 cm³/mol. The minimum Gasteiger partial charge on any atom is -0.483 e. The lowest BCUT2D eigenvalue weighted by Gasteiger charge is -2.17. The fraction of sp³-hybridized carbons (Fsp3) is 0.222. The number of benzene rings is 3. The first-order chi connectivity index (χ1) is 17.3. The smallest absolute Gasteiger partial charge is 0.270 e. The van der Waals surface area contributed by atoms with Crippen LogP contribution in [0.4, 0.5) is 5.69 Å². The van der Waals surface area contributed by atoms with Crippen LogP contribution in [0, 0.1) is 10.1 Å². The number of nitrogens with zero attached hydrogens (tertiary/aromatic N) is 4. The van der Waals surface area contributed by atoms with Gasteiger partial charge >= 0.3 is 0 Å². The van der Waals surface area contributed by atoms with Gasteiger partial charge in [0.1, 0.15) is 5.75 Å². The standard InChI is InChI=1S/C27H26N4O4S/c1-18(2)20-12-14-24(15-13-20)35-19(3)26-28-29-27(30(26)22-9-5-4-6-10-22)36-17-25(32)21-8-7-11-23(16-21)31(33)34/h4-16,18-19H,17H2,1-3H3. The van der Waals surface area contributed by atoms with Crippen molar-refractivity contribution in [3.63, 3.8) is 0 Å². The van der Waals surface area contributed by atoms with E-state index in [0.717, 1.165) is 11.4 Å². The summed E-state index contributed by atoms with van der Waals surface area (Å²) in [5, 5.41) is 20.3. The van der Waals surface area contributed by atoms with Gasteiger partial charge < -0.3 is 4.74 Å². The summed E-state index contributed by atoms with van der Waals surface area (Å²) in [7, 11) is 0. The molecule has 9 heteroatoms. The molecule has 184 valence electrons. The Labute approximate surface area is 213 Å². The Bertz CT molecular complexity index is 1350. The second-order valence-corrected chi connectivity index (χ2v) is 9.46. The normalized spacial score (nSPS) is 11.9. The first kappa shape index (κ1) is 25.1. The van der Waals surface area contributed by atoms with Crippen LogP contribution in [0.2, 0.25) is 0 Å². The molecule has 0 spiro atoms. The summed E-state index contributed by atoms with van der Waals surface area (Å²) in [6.45, 7) is 6.19. The molecule has 0 aliphatic heterocycles. The van der Waals surface area contributed by atoms with Crippen LogP contribution >= 0.6 is 11.8 Å². The van der Waals surface area contributed by atoms with Crippen molar-refractivity contribution in [2.45, 2.75) is 37.9 Å². The predicted octanol–water partition coefficient (Wildman–Crippen LogP) is 6.41. The maximum atomic E-state index is 12.8. The van der Waals surface area contributed by atoms with Crippen LogP contribution in [-0.2, 0) is 0 Å². The van der Waals surface area contributed by atoms with Gasteiger partial charge in [-0.15, -0.1) is 10.2 Å². The van der Waals surface area contributed by atoms with Crippen molar-refractivity contribution in [3.8, 4) is 11.4 Å². The van der Waals surface area contributed by atoms with Gasteiger partial charge in [-0.05, 0) is 42.7 Å². The molecule has 1 unspecified atom stereocenters. The number of ether oxygens (including phenoxy) is 1. The second-order valence-electron chi connectivity index (χ2n) is 8.51. The summed E-state index contributed by atoms with van der Waals surface area (Å²) in [6, 6.07) is 23.3. The molecule has 4 aromatic rings. The van der Waals surface area contributed by atoms with Crippen LogP contribution in [0.3, 0.4) is 0 Å². The van der Waals surface area contributed by atoms with Gasteiger partial charge in [0, 0.05) is 23.4 Å². The quantitative estimate of drug-likeness (QED) is 0.107. The molecule has 0 aliphatic rings. The highest BCUT2D eigenvalue weighted by Gasteiger charge is 2.22. The van der Waals surface area contributed by atoms with Gasteiger partial charge in [0.15, 0.2) is 22.9 Å². The lowest BCUT2D eigenvalue weighted by molar-refractivity contribution is -0.384. The molecule has 1 atom stereocenters. The minimum atomic E-state index is -0.514. The molecule has 0 saturated heterocycles. The second kappa shape index (κ2) is 11.2. The maximum Gasteiger partial charge on any atom is 0.270 e. The number of rotatable bonds is 10. The van der Waals surface area contributed by atoms with Gasteiger partial charge in [0.05, 0.1) is 10.7 Å². The molecule has 0 bridgehead atoms. The van der Waals surface area contributed by atoms with Gasteiger partial charge in [0.25, 0.3) is 5.69 Å². The monoisotopic (exact) mass is 502 g/mol. The Kier molecular flexibility index (Phi) is 7.80. The number of carbonyl (C=O) groups is 1. The first-order valence-electron chi connectivity index (χ1n) is 11.5. The number of thioether (sulfide) groups is 1. The number of aromatic nitrogens is 3. The van der Waals surface area contributed by atoms with E-state index in [1.54, 1.807) is 6.07 Å². The highest BCUT2D eigenvalue weighted by atomic mass is 32.2. The zero-order valence-electron chi connectivity index (χ0n) is 20.2. The molecule has 0 radical (unpaired) electrons. The van der Waals surface area contributed by atoms with Crippen molar-refractivity contribution in [1.82, 2.24) is 14.8 Å². The maximum absolute atomic E-state index is 12.8. The molecule has 0 aliphatic carbocycles. The number of hydrogen-bond acceptors (Lipinski definition) is 7. The lowest BCUT2D eigenvalue weighted by atomic mass is 10.0. The fourth-order valence-electron chi connectivity index (χ4n) is 3.65. The number of nitro groups is 1. The average molecular weight is 503 g/mol. The third kappa shape index (κ3) is 5.80. The zero-order chi connectivity index (χ0) is 25.7. The van der Waals surface area contributed by atoms with Crippen LogP contribution in [-0.4, -0.2) is 31.2 Å². The Morgan fingerprint density at radius 2 is 1.72 bits per heavy atom.